The number of pyridine rings is 1. The van der Waals surface area contributed by atoms with Crippen LogP contribution in [-0.2, 0) is 11.3 Å². The second-order valence-corrected chi connectivity index (χ2v) is 5.23. The molecule has 1 aliphatic rings. The van der Waals surface area contributed by atoms with E-state index in [1.54, 1.807) is 12.3 Å². The molecule has 21 heavy (non-hydrogen) atoms. The smallest absolute Gasteiger partial charge is 0.180 e. The van der Waals surface area contributed by atoms with Crippen LogP contribution in [0.25, 0.3) is 0 Å². The van der Waals surface area contributed by atoms with Gasteiger partial charge in [-0.3, -0.25) is 0 Å². The van der Waals surface area contributed by atoms with Crippen LogP contribution in [0, 0.1) is 0 Å². The Balaban J connectivity index is 1.79. The molecule has 0 unspecified atom stereocenters. The topological polar surface area (TPSA) is 34.6 Å². The Bertz CT molecular complexity index is 586. The molecule has 1 aromatic carbocycles. The Kier molecular flexibility index (Phi) is 4.58. The van der Waals surface area contributed by atoms with Crippen molar-refractivity contribution in [2.45, 2.75) is 6.61 Å². The van der Waals surface area contributed by atoms with Crippen molar-refractivity contribution in [3.8, 4) is 5.75 Å². The second-order valence-electron chi connectivity index (χ2n) is 4.82. The van der Waals surface area contributed by atoms with E-state index in [0.717, 1.165) is 24.5 Å². The summed E-state index contributed by atoms with van der Waals surface area (Å²) in [6.07, 6.45) is 1.71. The number of morpholine rings is 1. The van der Waals surface area contributed by atoms with E-state index < -0.39 is 0 Å². The first kappa shape index (κ1) is 14.2. The Morgan fingerprint density at radius 2 is 1.90 bits per heavy atom. The standard InChI is InChI=1S/C16H17ClN2O2/c17-14-6-7-18-16(19-8-10-20-11-9-19)15(14)21-12-13-4-2-1-3-5-13/h1-7H,8-12H2. The molecular weight excluding hydrogens is 288 g/mol. The monoisotopic (exact) mass is 304 g/mol. The number of hydrogen-bond donors (Lipinski definition) is 0. The van der Waals surface area contributed by atoms with Gasteiger partial charge in [0.05, 0.1) is 18.2 Å². The van der Waals surface area contributed by atoms with Crippen molar-refractivity contribution in [3.05, 3.63) is 53.2 Å². The fourth-order valence-electron chi connectivity index (χ4n) is 2.28. The van der Waals surface area contributed by atoms with E-state index in [9.17, 15) is 0 Å². The largest absolute Gasteiger partial charge is 0.483 e. The van der Waals surface area contributed by atoms with Gasteiger partial charge in [0.1, 0.15) is 6.61 Å². The summed E-state index contributed by atoms with van der Waals surface area (Å²) in [6.45, 7) is 3.48. The van der Waals surface area contributed by atoms with Gasteiger partial charge in [0, 0.05) is 19.3 Å². The van der Waals surface area contributed by atoms with Crippen LogP contribution in [-0.4, -0.2) is 31.3 Å². The lowest BCUT2D eigenvalue weighted by molar-refractivity contribution is 0.122. The lowest BCUT2D eigenvalue weighted by Gasteiger charge is -2.29. The van der Waals surface area contributed by atoms with Crippen molar-refractivity contribution in [2.75, 3.05) is 31.2 Å². The molecule has 1 aliphatic heterocycles. The maximum atomic E-state index is 6.29. The van der Waals surface area contributed by atoms with Gasteiger partial charge in [-0.15, -0.1) is 0 Å². The fourth-order valence-corrected chi connectivity index (χ4v) is 2.47. The van der Waals surface area contributed by atoms with Crippen LogP contribution in [0.15, 0.2) is 42.6 Å². The maximum Gasteiger partial charge on any atom is 0.180 e. The maximum absolute atomic E-state index is 6.29. The third-order valence-corrected chi connectivity index (χ3v) is 3.67. The molecule has 0 aliphatic carbocycles. The zero-order valence-corrected chi connectivity index (χ0v) is 12.4. The molecule has 1 saturated heterocycles. The first-order valence-corrected chi connectivity index (χ1v) is 7.36. The quantitative estimate of drug-likeness (QED) is 0.869. The summed E-state index contributed by atoms with van der Waals surface area (Å²) in [7, 11) is 0. The number of benzene rings is 1. The van der Waals surface area contributed by atoms with Crippen LogP contribution in [0.4, 0.5) is 5.82 Å². The van der Waals surface area contributed by atoms with Crippen molar-refractivity contribution in [1.82, 2.24) is 4.98 Å². The SMILES string of the molecule is Clc1ccnc(N2CCOCC2)c1OCc1ccccc1. The highest BCUT2D eigenvalue weighted by atomic mass is 35.5. The number of aromatic nitrogens is 1. The number of ether oxygens (including phenoxy) is 2. The van der Waals surface area contributed by atoms with Crippen molar-refractivity contribution in [1.29, 1.82) is 0 Å². The van der Waals surface area contributed by atoms with Crippen LogP contribution >= 0.6 is 11.6 Å². The Morgan fingerprint density at radius 3 is 2.67 bits per heavy atom. The van der Waals surface area contributed by atoms with Crippen molar-refractivity contribution in [2.24, 2.45) is 0 Å². The van der Waals surface area contributed by atoms with Crippen LogP contribution in [0.2, 0.25) is 5.02 Å². The van der Waals surface area contributed by atoms with Crippen LogP contribution < -0.4 is 9.64 Å². The van der Waals surface area contributed by atoms with Crippen LogP contribution in [0.5, 0.6) is 5.75 Å². The summed E-state index contributed by atoms with van der Waals surface area (Å²) in [5.41, 5.74) is 1.10. The zero-order chi connectivity index (χ0) is 14.5. The summed E-state index contributed by atoms with van der Waals surface area (Å²) in [4.78, 5) is 6.58. The van der Waals surface area contributed by atoms with E-state index in [-0.39, 0.29) is 0 Å². The molecular formula is C16H17ClN2O2. The molecule has 0 saturated carbocycles. The molecule has 2 aromatic rings. The van der Waals surface area contributed by atoms with E-state index in [1.165, 1.54) is 0 Å². The van der Waals surface area contributed by atoms with Gasteiger partial charge in [0.25, 0.3) is 0 Å². The first-order chi connectivity index (χ1) is 10.3. The van der Waals surface area contributed by atoms with Gasteiger partial charge in [-0.1, -0.05) is 41.9 Å². The van der Waals surface area contributed by atoms with E-state index in [1.807, 2.05) is 30.3 Å². The minimum atomic E-state index is 0.476. The highest BCUT2D eigenvalue weighted by Crippen LogP contribution is 2.34. The molecule has 2 heterocycles. The highest BCUT2D eigenvalue weighted by molar-refractivity contribution is 6.32. The summed E-state index contributed by atoms with van der Waals surface area (Å²) in [6, 6.07) is 11.8. The van der Waals surface area contributed by atoms with Crippen LogP contribution in [0.3, 0.4) is 0 Å². The number of halogens is 1. The van der Waals surface area contributed by atoms with Crippen LogP contribution in [0.1, 0.15) is 5.56 Å². The molecule has 0 radical (unpaired) electrons. The summed E-state index contributed by atoms with van der Waals surface area (Å²) >= 11 is 6.29. The first-order valence-electron chi connectivity index (χ1n) is 6.98. The van der Waals surface area contributed by atoms with Crippen molar-refractivity contribution < 1.29 is 9.47 Å². The van der Waals surface area contributed by atoms with Gasteiger partial charge >= 0.3 is 0 Å². The Morgan fingerprint density at radius 1 is 1.14 bits per heavy atom. The van der Waals surface area contributed by atoms with E-state index in [4.69, 9.17) is 21.1 Å². The lowest BCUT2D eigenvalue weighted by atomic mass is 10.2. The van der Waals surface area contributed by atoms with Gasteiger partial charge in [-0.2, -0.15) is 0 Å². The average molecular weight is 305 g/mol. The van der Waals surface area contributed by atoms with Crippen molar-refractivity contribution in [3.63, 3.8) is 0 Å². The van der Waals surface area contributed by atoms with Crippen molar-refractivity contribution >= 4 is 17.4 Å². The van der Waals surface area contributed by atoms with Gasteiger partial charge in [0.2, 0.25) is 0 Å². The molecule has 0 atom stereocenters. The second kappa shape index (κ2) is 6.78. The Hall–Kier alpha value is -1.78. The fraction of sp³-hybridized carbons (Fsp3) is 0.312. The average Bonchev–Trinajstić information content (AvgIpc) is 2.55. The van der Waals surface area contributed by atoms with Gasteiger partial charge in [-0.05, 0) is 11.6 Å². The minimum Gasteiger partial charge on any atom is -0.483 e. The lowest BCUT2D eigenvalue weighted by Crippen LogP contribution is -2.37. The molecule has 110 valence electrons. The molecule has 0 N–H and O–H groups in total. The number of rotatable bonds is 4. The molecule has 3 rings (SSSR count). The molecule has 1 fully saturated rings. The zero-order valence-electron chi connectivity index (χ0n) is 11.7. The summed E-state index contributed by atoms with van der Waals surface area (Å²) < 4.78 is 11.3. The van der Waals surface area contributed by atoms with Gasteiger partial charge in [-0.25, -0.2) is 4.98 Å². The Labute approximate surface area is 129 Å². The predicted molar refractivity (Wildman–Crippen MR) is 83.1 cm³/mol. The van der Waals surface area contributed by atoms with E-state index in [0.29, 0.717) is 30.6 Å². The third-order valence-electron chi connectivity index (χ3n) is 3.37. The molecule has 5 heteroatoms. The third kappa shape index (κ3) is 3.46. The van der Waals surface area contributed by atoms with E-state index >= 15 is 0 Å². The summed E-state index contributed by atoms with van der Waals surface area (Å²) in [5, 5.41) is 0.586. The molecule has 0 spiro atoms. The van der Waals surface area contributed by atoms with E-state index in [2.05, 4.69) is 9.88 Å². The molecule has 0 amide bonds. The highest BCUT2D eigenvalue weighted by Gasteiger charge is 2.19. The number of anilines is 1. The number of nitrogens with zero attached hydrogens (tertiary/aromatic N) is 2. The predicted octanol–water partition coefficient (Wildman–Crippen LogP) is 3.15. The molecule has 0 bridgehead atoms. The van der Waals surface area contributed by atoms with Gasteiger partial charge < -0.3 is 14.4 Å². The minimum absolute atomic E-state index is 0.476. The molecule has 1 aromatic heterocycles. The van der Waals surface area contributed by atoms with Gasteiger partial charge in [0.15, 0.2) is 11.6 Å². The normalized spacial score (nSPS) is 15.0. The molecule has 4 nitrogen and oxygen atoms in total. The summed E-state index contributed by atoms with van der Waals surface area (Å²) in [5.74, 6) is 1.44. The number of hydrogen-bond acceptors (Lipinski definition) is 4.